The van der Waals surface area contributed by atoms with Crippen LogP contribution >= 0.6 is 11.6 Å². The monoisotopic (exact) mass is 392 g/mol. The van der Waals surface area contributed by atoms with E-state index in [1.165, 1.54) is 6.07 Å². The maximum Gasteiger partial charge on any atom is 0.355 e. The molecule has 0 saturated carbocycles. The molecule has 0 fully saturated rings. The molecule has 0 N–H and O–H groups in total. The first kappa shape index (κ1) is 19.1. The van der Waals surface area contributed by atoms with Crippen molar-refractivity contribution in [2.75, 3.05) is 27.4 Å². The number of methoxy groups -OCH3 is 2. The average molecular weight is 393 g/mol. The molecule has 0 aliphatic carbocycles. The number of aromatic nitrogens is 1. The van der Waals surface area contributed by atoms with E-state index in [1.807, 2.05) is 12.1 Å². The molecule has 27 heavy (non-hydrogen) atoms. The van der Waals surface area contributed by atoms with Crippen LogP contribution in [0.15, 0.2) is 24.4 Å². The third-order valence-electron chi connectivity index (χ3n) is 4.58. The standard InChI is InChI=1S/C19H21ClN2O5/c1-21-10-14(20)8-15(21)19(24)27-11-18(23)22-5-4-12-6-16(25-2)17(26-3)7-13(12)9-22/h6-8,10H,4-5,9,11H2,1-3H3. The van der Waals surface area contributed by atoms with Crippen molar-refractivity contribution >= 4 is 23.5 Å². The molecule has 144 valence electrons. The Morgan fingerprint density at radius 1 is 1.11 bits per heavy atom. The smallest absolute Gasteiger partial charge is 0.355 e. The number of carbonyl (C=O) groups excluding carboxylic acids is 2. The number of amides is 1. The molecule has 1 aromatic carbocycles. The van der Waals surface area contributed by atoms with Gasteiger partial charge in [0.2, 0.25) is 0 Å². The summed E-state index contributed by atoms with van der Waals surface area (Å²) in [6.07, 6.45) is 2.30. The molecule has 1 aliphatic heterocycles. The van der Waals surface area contributed by atoms with Crippen LogP contribution in [0.1, 0.15) is 21.6 Å². The first-order chi connectivity index (χ1) is 12.9. The zero-order valence-corrected chi connectivity index (χ0v) is 16.2. The van der Waals surface area contributed by atoms with Crippen LogP contribution in [0.3, 0.4) is 0 Å². The third-order valence-corrected chi connectivity index (χ3v) is 4.78. The van der Waals surface area contributed by atoms with Crippen LogP contribution in [0, 0.1) is 0 Å². The lowest BCUT2D eigenvalue weighted by Crippen LogP contribution is -2.38. The lowest BCUT2D eigenvalue weighted by atomic mass is 9.99. The van der Waals surface area contributed by atoms with Gasteiger partial charge < -0.3 is 23.7 Å². The number of aryl methyl sites for hydroxylation is 1. The Balaban J connectivity index is 1.64. The Bertz CT molecular complexity index is 877. The fraction of sp³-hybridized carbons (Fsp3) is 0.368. The quantitative estimate of drug-likeness (QED) is 0.731. The number of hydrogen-bond acceptors (Lipinski definition) is 5. The predicted molar refractivity (Wildman–Crippen MR) is 99.4 cm³/mol. The number of nitrogens with zero attached hydrogens (tertiary/aromatic N) is 2. The topological polar surface area (TPSA) is 70.0 Å². The van der Waals surface area contributed by atoms with Gasteiger partial charge in [-0.2, -0.15) is 0 Å². The number of hydrogen-bond donors (Lipinski definition) is 0. The van der Waals surface area contributed by atoms with Crippen LogP contribution in [0.5, 0.6) is 11.5 Å². The second-order valence-electron chi connectivity index (χ2n) is 6.27. The van der Waals surface area contributed by atoms with Crippen molar-refractivity contribution in [3.8, 4) is 11.5 Å². The first-order valence-corrected chi connectivity index (χ1v) is 8.81. The molecule has 1 aliphatic rings. The fourth-order valence-electron chi connectivity index (χ4n) is 3.12. The number of esters is 1. The van der Waals surface area contributed by atoms with E-state index in [9.17, 15) is 9.59 Å². The SMILES string of the molecule is COc1cc2c(cc1OC)CN(C(=O)COC(=O)c1cc(Cl)cn1C)CC2. The second-order valence-corrected chi connectivity index (χ2v) is 6.71. The molecular formula is C19H21ClN2O5. The maximum atomic E-state index is 12.5. The lowest BCUT2D eigenvalue weighted by Gasteiger charge is -2.29. The van der Waals surface area contributed by atoms with Crippen LogP contribution in [0.2, 0.25) is 5.02 Å². The van der Waals surface area contributed by atoms with Gasteiger partial charge >= 0.3 is 5.97 Å². The summed E-state index contributed by atoms with van der Waals surface area (Å²) in [5, 5.41) is 0.438. The molecule has 0 unspecified atom stereocenters. The molecule has 0 spiro atoms. The van der Waals surface area contributed by atoms with Crippen molar-refractivity contribution in [2.24, 2.45) is 7.05 Å². The zero-order chi connectivity index (χ0) is 19.6. The number of halogens is 1. The van der Waals surface area contributed by atoms with Crippen LogP contribution < -0.4 is 9.47 Å². The molecular weight excluding hydrogens is 372 g/mol. The fourth-order valence-corrected chi connectivity index (χ4v) is 3.37. The summed E-state index contributed by atoms with van der Waals surface area (Å²) in [4.78, 5) is 26.3. The van der Waals surface area contributed by atoms with Crippen molar-refractivity contribution in [2.45, 2.75) is 13.0 Å². The van der Waals surface area contributed by atoms with Crippen molar-refractivity contribution < 1.29 is 23.8 Å². The molecule has 0 saturated heterocycles. The van der Waals surface area contributed by atoms with Crippen LogP contribution in [-0.2, 0) is 29.5 Å². The van der Waals surface area contributed by atoms with Gasteiger partial charge in [-0.1, -0.05) is 11.6 Å². The number of rotatable bonds is 5. The summed E-state index contributed by atoms with van der Waals surface area (Å²) in [7, 11) is 4.86. The summed E-state index contributed by atoms with van der Waals surface area (Å²) in [5.74, 6) is 0.467. The second kappa shape index (κ2) is 7.92. The molecule has 0 atom stereocenters. The lowest BCUT2D eigenvalue weighted by molar-refractivity contribution is -0.135. The minimum absolute atomic E-state index is 0.246. The summed E-state index contributed by atoms with van der Waals surface area (Å²) < 4.78 is 17.4. The van der Waals surface area contributed by atoms with Gasteiger partial charge in [-0.05, 0) is 35.7 Å². The summed E-state index contributed by atoms with van der Waals surface area (Å²) in [5.41, 5.74) is 2.41. The molecule has 2 aromatic rings. The summed E-state index contributed by atoms with van der Waals surface area (Å²) >= 11 is 5.87. The van der Waals surface area contributed by atoms with Gasteiger partial charge in [0, 0.05) is 26.3 Å². The number of carbonyl (C=O) groups is 2. The summed E-state index contributed by atoms with van der Waals surface area (Å²) in [6, 6.07) is 5.33. The number of fused-ring (bicyclic) bond motifs is 1. The Morgan fingerprint density at radius 3 is 2.37 bits per heavy atom. The summed E-state index contributed by atoms with van der Waals surface area (Å²) in [6.45, 7) is 0.668. The van der Waals surface area contributed by atoms with E-state index in [1.54, 1.807) is 36.9 Å². The molecule has 0 radical (unpaired) electrons. The highest BCUT2D eigenvalue weighted by molar-refractivity contribution is 6.30. The Hall–Kier alpha value is -2.67. The highest BCUT2D eigenvalue weighted by Gasteiger charge is 2.24. The normalized spacial score (nSPS) is 13.1. The van der Waals surface area contributed by atoms with Gasteiger partial charge in [0.1, 0.15) is 5.69 Å². The van der Waals surface area contributed by atoms with E-state index in [4.69, 9.17) is 25.8 Å². The zero-order valence-electron chi connectivity index (χ0n) is 15.5. The van der Waals surface area contributed by atoms with E-state index in [-0.39, 0.29) is 12.5 Å². The van der Waals surface area contributed by atoms with Gasteiger partial charge in [0.05, 0.1) is 19.2 Å². The van der Waals surface area contributed by atoms with E-state index in [0.717, 1.165) is 11.1 Å². The van der Waals surface area contributed by atoms with Gasteiger partial charge in [0.15, 0.2) is 18.1 Å². The highest BCUT2D eigenvalue weighted by atomic mass is 35.5. The van der Waals surface area contributed by atoms with Gasteiger partial charge in [-0.3, -0.25) is 4.79 Å². The molecule has 8 heteroatoms. The molecule has 1 amide bonds. The minimum Gasteiger partial charge on any atom is -0.493 e. The van der Waals surface area contributed by atoms with Gasteiger partial charge in [0.25, 0.3) is 5.91 Å². The van der Waals surface area contributed by atoms with Crippen LogP contribution in [0.25, 0.3) is 0 Å². The van der Waals surface area contributed by atoms with Crippen molar-refractivity contribution in [3.63, 3.8) is 0 Å². The van der Waals surface area contributed by atoms with E-state index in [2.05, 4.69) is 0 Å². The average Bonchev–Trinajstić information content (AvgIpc) is 3.02. The van der Waals surface area contributed by atoms with E-state index < -0.39 is 5.97 Å². The van der Waals surface area contributed by atoms with E-state index in [0.29, 0.717) is 41.7 Å². The van der Waals surface area contributed by atoms with E-state index >= 15 is 0 Å². The van der Waals surface area contributed by atoms with Crippen LogP contribution in [-0.4, -0.2) is 48.7 Å². The molecule has 0 bridgehead atoms. The maximum absolute atomic E-state index is 12.5. The van der Waals surface area contributed by atoms with Gasteiger partial charge in [-0.15, -0.1) is 0 Å². The van der Waals surface area contributed by atoms with Crippen molar-refractivity contribution in [3.05, 3.63) is 46.2 Å². The predicted octanol–water partition coefficient (Wildman–Crippen LogP) is 2.44. The van der Waals surface area contributed by atoms with Crippen molar-refractivity contribution in [1.82, 2.24) is 9.47 Å². The minimum atomic E-state index is -0.582. The van der Waals surface area contributed by atoms with Crippen LogP contribution in [0.4, 0.5) is 0 Å². The van der Waals surface area contributed by atoms with Gasteiger partial charge in [-0.25, -0.2) is 4.79 Å². The van der Waals surface area contributed by atoms with Crippen molar-refractivity contribution in [1.29, 1.82) is 0 Å². The molecule has 1 aromatic heterocycles. The Morgan fingerprint density at radius 2 is 1.78 bits per heavy atom. The first-order valence-electron chi connectivity index (χ1n) is 8.43. The molecule has 3 rings (SSSR count). The number of ether oxygens (including phenoxy) is 3. The third kappa shape index (κ3) is 4.03. The Labute approximate surface area is 162 Å². The number of benzene rings is 1. The molecule has 2 heterocycles. The Kier molecular flexibility index (Phi) is 5.60. The highest BCUT2D eigenvalue weighted by Crippen LogP contribution is 2.33. The largest absolute Gasteiger partial charge is 0.493 e. The molecule has 7 nitrogen and oxygen atoms in total.